The average molecular weight is 273 g/mol. The van der Waals surface area contributed by atoms with Crippen LogP contribution in [0.2, 0.25) is 0 Å². The van der Waals surface area contributed by atoms with E-state index >= 15 is 0 Å². The van der Waals surface area contributed by atoms with Crippen molar-refractivity contribution >= 4 is 11.6 Å². The number of anilines is 1. The number of hydrogen-bond donors (Lipinski definition) is 2. The van der Waals surface area contributed by atoms with Crippen molar-refractivity contribution in [3.63, 3.8) is 0 Å². The highest BCUT2D eigenvalue weighted by Crippen LogP contribution is 2.29. The van der Waals surface area contributed by atoms with Crippen LogP contribution in [0.1, 0.15) is 30.4 Å². The molecule has 108 valence electrons. The quantitative estimate of drug-likeness (QED) is 0.859. The first-order valence-electron chi connectivity index (χ1n) is 7.51. The smallest absolute Gasteiger partial charge is 0.220 e. The lowest BCUT2D eigenvalue weighted by atomic mass is 9.85. The number of aryl methyl sites for hydroxylation is 1. The predicted molar refractivity (Wildman–Crippen MR) is 80.6 cm³/mol. The lowest BCUT2D eigenvalue weighted by Crippen LogP contribution is -2.54. The third-order valence-electron chi connectivity index (χ3n) is 4.73. The number of nitrogens with zero attached hydrogens (tertiary/aromatic N) is 1. The Bertz CT molecular complexity index is 514. The molecule has 2 aliphatic rings. The van der Waals surface area contributed by atoms with Crippen molar-refractivity contribution in [2.24, 2.45) is 11.7 Å². The minimum absolute atomic E-state index is 0.225. The van der Waals surface area contributed by atoms with Crippen molar-refractivity contribution in [1.29, 1.82) is 0 Å². The van der Waals surface area contributed by atoms with Crippen molar-refractivity contribution in [3.05, 3.63) is 29.3 Å². The first-order chi connectivity index (χ1) is 9.67. The molecule has 2 fully saturated rings. The maximum absolute atomic E-state index is 11.4. The van der Waals surface area contributed by atoms with Gasteiger partial charge in [-0.3, -0.25) is 4.79 Å². The number of carbonyl (C=O) groups excluding carboxylic acids is 1. The molecule has 0 radical (unpaired) electrons. The van der Waals surface area contributed by atoms with Crippen LogP contribution in [0, 0.1) is 12.8 Å². The lowest BCUT2D eigenvalue weighted by Gasteiger charge is -2.42. The molecule has 2 saturated heterocycles. The van der Waals surface area contributed by atoms with Gasteiger partial charge < -0.3 is 16.0 Å². The summed E-state index contributed by atoms with van der Waals surface area (Å²) in [7, 11) is 0. The monoisotopic (exact) mass is 273 g/mol. The Balaban J connectivity index is 1.73. The van der Waals surface area contributed by atoms with E-state index in [2.05, 4.69) is 35.3 Å². The van der Waals surface area contributed by atoms with Gasteiger partial charge in [0.2, 0.25) is 5.91 Å². The van der Waals surface area contributed by atoms with E-state index in [0.29, 0.717) is 24.9 Å². The Morgan fingerprint density at radius 1 is 1.40 bits per heavy atom. The molecular weight excluding hydrogens is 250 g/mol. The number of carbonyl (C=O) groups is 1. The SMILES string of the molecule is Cc1cc(N2CCC3NC(=O)CCC3C2)ccc1CN. The van der Waals surface area contributed by atoms with Crippen LogP contribution in [0.4, 0.5) is 5.69 Å². The number of hydrogen-bond acceptors (Lipinski definition) is 3. The highest BCUT2D eigenvalue weighted by molar-refractivity contribution is 5.77. The Kier molecular flexibility index (Phi) is 3.66. The zero-order chi connectivity index (χ0) is 14.1. The van der Waals surface area contributed by atoms with Crippen LogP contribution in [0.15, 0.2) is 18.2 Å². The van der Waals surface area contributed by atoms with E-state index in [0.717, 1.165) is 25.9 Å². The molecule has 4 heteroatoms. The molecule has 2 atom stereocenters. The highest BCUT2D eigenvalue weighted by atomic mass is 16.1. The summed E-state index contributed by atoms with van der Waals surface area (Å²) in [6, 6.07) is 6.94. The van der Waals surface area contributed by atoms with Crippen molar-refractivity contribution in [2.45, 2.75) is 38.8 Å². The third-order valence-corrected chi connectivity index (χ3v) is 4.73. The van der Waals surface area contributed by atoms with Crippen LogP contribution >= 0.6 is 0 Å². The van der Waals surface area contributed by atoms with Gasteiger partial charge in [-0.05, 0) is 48.9 Å². The van der Waals surface area contributed by atoms with Crippen molar-refractivity contribution in [1.82, 2.24) is 5.32 Å². The molecule has 0 bridgehead atoms. The van der Waals surface area contributed by atoms with Gasteiger partial charge in [0, 0.05) is 37.8 Å². The number of nitrogens with one attached hydrogen (secondary N) is 1. The molecule has 1 aromatic carbocycles. The number of nitrogens with two attached hydrogens (primary N) is 1. The van der Waals surface area contributed by atoms with Gasteiger partial charge in [-0.25, -0.2) is 0 Å². The second-order valence-corrected chi connectivity index (χ2v) is 6.02. The summed E-state index contributed by atoms with van der Waals surface area (Å²) in [6.45, 7) is 4.79. The van der Waals surface area contributed by atoms with Gasteiger partial charge in [0.1, 0.15) is 0 Å². The zero-order valence-corrected chi connectivity index (χ0v) is 12.1. The van der Waals surface area contributed by atoms with E-state index in [1.807, 2.05) is 0 Å². The van der Waals surface area contributed by atoms with E-state index in [1.165, 1.54) is 16.8 Å². The molecule has 2 heterocycles. The molecule has 0 saturated carbocycles. The molecule has 0 aliphatic carbocycles. The molecule has 0 aromatic heterocycles. The summed E-state index contributed by atoms with van der Waals surface area (Å²) in [5.74, 6) is 0.818. The summed E-state index contributed by atoms with van der Waals surface area (Å²) < 4.78 is 0. The third kappa shape index (κ3) is 2.52. The maximum atomic E-state index is 11.4. The van der Waals surface area contributed by atoms with E-state index in [4.69, 9.17) is 5.73 Å². The predicted octanol–water partition coefficient (Wildman–Crippen LogP) is 1.56. The summed E-state index contributed by atoms with van der Waals surface area (Å²) in [5, 5.41) is 3.14. The lowest BCUT2D eigenvalue weighted by molar-refractivity contribution is -0.124. The van der Waals surface area contributed by atoms with E-state index in [-0.39, 0.29) is 5.91 Å². The first-order valence-corrected chi connectivity index (χ1v) is 7.51. The van der Waals surface area contributed by atoms with E-state index < -0.39 is 0 Å². The van der Waals surface area contributed by atoms with Gasteiger partial charge in [-0.2, -0.15) is 0 Å². The molecule has 4 nitrogen and oxygen atoms in total. The second kappa shape index (κ2) is 5.44. The summed E-state index contributed by atoms with van der Waals surface area (Å²) in [4.78, 5) is 13.9. The summed E-state index contributed by atoms with van der Waals surface area (Å²) in [5.41, 5.74) is 9.50. The van der Waals surface area contributed by atoms with E-state index in [9.17, 15) is 4.79 Å². The Morgan fingerprint density at radius 3 is 3.00 bits per heavy atom. The van der Waals surface area contributed by atoms with Crippen LogP contribution in [-0.4, -0.2) is 25.0 Å². The molecule has 2 unspecified atom stereocenters. The fourth-order valence-electron chi connectivity index (χ4n) is 3.45. The van der Waals surface area contributed by atoms with Gasteiger partial charge in [-0.15, -0.1) is 0 Å². The van der Waals surface area contributed by atoms with Gasteiger partial charge >= 0.3 is 0 Å². The topological polar surface area (TPSA) is 58.4 Å². The maximum Gasteiger partial charge on any atom is 0.220 e. The Hall–Kier alpha value is -1.55. The van der Waals surface area contributed by atoms with Crippen LogP contribution in [-0.2, 0) is 11.3 Å². The molecule has 2 aliphatic heterocycles. The van der Waals surface area contributed by atoms with Gasteiger partial charge in [0.05, 0.1) is 0 Å². The number of benzene rings is 1. The van der Waals surface area contributed by atoms with Crippen LogP contribution in [0.5, 0.6) is 0 Å². The molecule has 3 N–H and O–H groups in total. The molecule has 1 aromatic rings. The molecule has 0 spiro atoms. The second-order valence-electron chi connectivity index (χ2n) is 6.02. The largest absolute Gasteiger partial charge is 0.371 e. The number of amides is 1. The Morgan fingerprint density at radius 2 is 2.25 bits per heavy atom. The van der Waals surface area contributed by atoms with Crippen LogP contribution in [0.3, 0.4) is 0 Å². The minimum Gasteiger partial charge on any atom is -0.371 e. The van der Waals surface area contributed by atoms with Crippen LogP contribution < -0.4 is 16.0 Å². The first kappa shape index (κ1) is 13.4. The molecular formula is C16H23N3O. The number of piperidine rings is 2. The molecule has 20 heavy (non-hydrogen) atoms. The number of rotatable bonds is 2. The highest BCUT2D eigenvalue weighted by Gasteiger charge is 2.33. The molecule has 3 rings (SSSR count). The van der Waals surface area contributed by atoms with Gasteiger partial charge in [0.25, 0.3) is 0 Å². The fraction of sp³-hybridized carbons (Fsp3) is 0.562. The molecule has 1 amide bonds. The Labute approximate surface area is 120 Å². The summed E-state index contributed by atoms with van der Waals surface area (Å²) >= 11 is 0. The van der Waals surface area contributed by atoms with Crippen molar-refractivity contribution in [3.8, 4) is 0 Å². The van der Waals surface area contributed by atoms with Crippen LogP contribution in [0.25, 0.3) is 0 Å². The van der Waals surface area contributed by atoms with Gasteiger partial charge in [-0.1, -0.05) is 6.07 Å². The standard InChI is InChI=1S/C16H23N3O/c1-11-8-14(4-2-12(11)9-17)19-7-6-15-13(10-19)3-5-16(20)18-15/h2,4,8,13,15H,3,5-7,9-10,17H2,1H3,(H,18,20). The zero-order valence-electron chi connectivity index (χ0n) is 12.1. The average Bonchev–Trinajstić information content (AvgIpc) is 2.46. The van der Waals surface area contributed by atoms with E-state index in [1.54, 1.807) is 0 Å². The normalized spacial score (nSPS) is 26.1. The number of fused-ring (bicyclic) bond motifs is 1. The summed E-state index contributed by atoms with van der Waals surface area (Å²) in [6.07, 6.45) is 2.75. The van der Waals surface area contributed by atoms with Gasteiger partial charge in [0.15, 0.2) is 0 Å². The van der Waals surface area contributed by atoms with Crippen molar-refractivity contribution in [2.75, 3.05) is 18.0 Å². The van der Waals surface area contributed by atoms with Crippen molar-refractivity contribution < 1.29 is 4.79 Å². The fourth-order valence-corrected chi connectivity index (χ4v) is 3.45. The minimum atomic E-state index is 0.225.